The number of anilines is 2. The van der Waals surface area contributed by atoms with Gasteiger partial charge < -0.3 is 10.6 Å². The molecule has 0 aliphatic carbocycles. The van der Waals surface area contributed by atoms with Gasteiger partial charge >= 0.3 is 0 Å². The fourth-order valence-electron chi connectivity index (χ4n) is 1.97. The van der Waals surface area contributed by atoms with Crippen LogP contribution in [0.1, 0.15) is 13.3 Å². The Morgan fingerprint density at radius 3 is 2.78 bits per heavy atom. The van der Waals surface area contributed by atoms with E-state index in [2.05, 4.69) is 20.6 Å². The van der Waals surface area contributed by atoms with Gasteiger partial charge in [0.15, 0.2) is 21.5 Å². The topological polar surface area (TPSA) is 84.0 Å². The van der Waals surface area contributed by atoms with Crippen molar-refractivity contribution in [3.8, 4) is 0 Å². The number of hydrogen-bond acceptors (Lipinski definition) is 6. The molecule has 100 valence electrons. The molecule has 1 aliphatic heterocycles. The van der Waals surface area contributed by atoms with Crippen molar-refractivity contribution in [1.82, 2.24) is 9.97 Å². The van der Waals surface area contributed by atoms with Crippen LogP contribution in [0, 0.1) is 5.82 Å². The molecule has 1 saturated heterocycles. The van der Waals surface area contributed by atoms with Crippen LogP contribution in [0.5, 0.6) is 0 Å². The van der Waals surface area contributed by atoms with Crippen molar-refractivity contribution in [2.45, 2.75) is 18.9 Å². The molecule has 0 saturated carbocycles. The number of aromatic nitrogens is 2. The summed E-state index contributed by atoms with van der Waals surface area (Å²) in [5.74, 6) is -0.197. The highest BCUT2D eigenvalue weighted by Gasteiger charge is 2.39. The fourth-order valence-corrected chi connectivity index (χ4v) is 4.06. The highest BCUT2D eigenvalue weighted by atomic mass is 32.2. The quantitative estimate of drug-likeness (QED) is 0.842. The second kappa shape index (κ2) is 4.34. The van der Waals surface area contributed by atoms with E-state index in [4.69, 9.17) is 0 Å². The second-order valence-electron chi connectivity index (χ2n) is 4.67. The summed E-state index contributed by atoms with van der Waals surface area (Å²) in [5, 5.41) is 5.57. The van der Waals surface area contributed by atoms with Crippen molar-refractivity contribution in [1.29, 1.82) is 0 Å². The molecule has 18 heavy (non-hydrogen) atoms. The average Bonchev–Trinajstić information content (AvgIpc) is 2.56. The summed E-state index contributed by atoms with van der Waals surface area (Å²) in [7, 11) is -1.42. The van der Waals surface area contributed by atoms with Gasteiger partial charge in [0, 0.05) is 7.05 Å². The first kappa shape index (κ1) is 13.0. The average molecular weight is 274 g/mol. The molecule has 6 nitrogen and oxygen atoms in total. The Hall–Kier alpha value is -1.44. The molecule has 1 fully saturated rings. The summed E-state index contributed by atoms with van der Waals surface area (Å²) >= 11 is 0. The molecule has 2 heterocycles. The third kappa shape index (κ3) is 2.69. The first-order valence-corrected chi connectivity index (χ1v) is 7.35. The van der Waals surface area contributed by atoms with Crippen molar-refractivity contribution < 1.29 is 12.8 Å². The van der Waals surface area contributed by atoms with Gasteiger partial charge in [-0.25, -0.2) is 17.8 Å². The van der Waals surface area contributed by atoms with Gasteiger partial charge in [-0.15, -0.1) is 0 Å². The predicted molar refractivity (Wildman–Crippen MR) is 66.8 cm³/mol. The molecule has 1 aliphatic rings. The zero-order valence-corrected chi connectivity index (χ0v) is 11.0. The van der Waals surface area contributed by atoms with Gasteiger partial charge in [-0.05, 0) is 13.3 Å². The molecular weight excluding hydrogens is 259 g/mol. The minimum absolute atomic E-state index is 0.0155. The van der Waals surface area contributed by atoms with Gasteiger partial charge in [0.2, 0.25) is 5.95 Å². The van der Waals surface area contributed by atoms with Crippen LogP contribution in [0.4, 0.5) is 16.2 Å². The van der Waals surface area contributed by atoms with E-state index >= 15 is 0 Å². The van der Waals surface area contributed by atoms with E-state index in [1.807, 2.05) is 0 Å². The molecule has 8 heteroatoms. The van der Waals surface area contributed by atoms with Crippen LogP contribution in [0.15, 0.2) is 6.20 Å². The number of hydrogen-bond donors (Lipinski definition) is 2. The lowest BCUT2D eigenvalue weighted by Crippen LogP contribution is -2.36. The largest absolute Gasteiger partial charge is 0.361 e. The molecule has 0 radical (unpaired) electrons. The lowest BCUT2D eigenvalue weighted by Gasteiger charge is -2.24. The van der Waals surface area contributed by atoms with Gasteiger partial charge in [0.25, 0.3) is 0 Å². The molecule has 0 spiro atoms. The Kier molecular flexibility index (Phi) is 3.14. The highest BCUT2D eigenvalue weighted by Crippen LogP contribution is 2.27. The molecular formula is C10H15FN4O2S. The highest BCUT2D eigenvalue weighted by molar-refractivity contribution is 7.91. The van der Waals surface area contributed by atoms with E-state index in [1.165, 1.54) is 0 Å². The van der Waals surface area contributed by atoms with Crippen LogP contribution >= 0.6 is 0 Å². The van der Waals surface area contributed by atoms with Crippen LogP contribution < -0.4 is 10.6 Å². The van der Waals surface area contributed by atoms with E-state index < -0.39 is 21.2 Å². The minimum atomic E-state index is -3.05. The maximum absolute atomic E-state index is 13.6. The summed E-state index contributed by atoms with van der Waals surface area (Å²) in [4.78, 5) is 7.67. The van der Waals surface area contributed by atoms with Gasteiger partial charge in [-0.2, -0.15) is 4.98 Å². The van der Waals surface area contributed by atoms with Crippen LogP contribution in [0.3, 0.4) is 0 Å². The van der Waals surface area contributed by atoms with Gasteiger partial charge in [0.05, 0.1) is 23.2 Å². The Morgan fingerprint density at radius 2 is 2.22 bits per heavy atom. The summed E-state index contributed by atoms with van der Waals surface area (Å²) < 4.78 is 36.5. The number of nitrogens with one attached hydrogen (secondary N) is 2. The zero-order valence-electron chi connectivity index (χ0n) is 10.2. The third-order valence-corrected chi connectivity index (χ3v) is 4.79. The summed E-state index contributed by atoms with van der Waals surface area (Å²) in [6.07, 6.45) is 1.49. The minimum Gasteiger partial charge on any atom is -0.361 e. The normalized spacial score (nSPS) is 25.9. The lowest BCUT2D eigenvalue weighted by molar-refractivity contribution is 0.555. The Balaban J connectivity index is 2.24. The molecule has 1 atom stereocenters. The van der Waals surface area contributed by atoms with Crippen LogP contribution in [0.2, 0.25) is 0 Å². The summed E-state index contributed by atoms with van der Waals surface area (Å²) in [6, 6.07) is 0. The van der Waals surface area contributed by atoms with E-state index in [9.17, 15) is 12.8 Å². The Bertz CT molecular complexity index is 563. The Morgan fingerprint density at radius 1 is 1.50 bits per heavy atom. The van der Waals surface area contributed by atoms with Crippen LogP contribution in [-0.4, -0.2) is 42.5 Å². The molecule has 1 aromatic heterocycles. The maximum Gasteiger partial charge on any atom is 0.224 e. The molecule has 0 aromatic carbocycles. The standard InChI is InChI=1S/C10H15FN4O2S/c1-10(3-4-18(16,17)6-10)15-8-7(11)5-13-9(12-2)14-8/h5H,3-4,6H2,1-2H3,(H2,12,13,14,15). The summed E-state index contributed by atoms with van der Waals surface area (Å²) in [6.45, 7) is 1.75. The molecule has 0 bridgehead atoms. The van der Waals surface area contributed by atoms with Crippen molar-refractivity contribution in [2.24, 2.45) is 0 Å². The van der Waals surface area contributed by atoms with E-state index in [1.54, 1.807) is 14.0 Å². The van der Waals surface area contributed by atoms with Gasteiger partial charge in [-0.3, -0.25) is 0 Å². The summed E-state index contributed by atoms with van der Waals surface area (Å²) in [5.41, 5.74) is -0.682. The SMILES string of the molecule is CNc1ncc(F)c(NC2(C)CCS(=O)(=O)C2)n1. The van der Waals surface area contributed by atoms with Gasteiger partial charge in [0.1, 0.15) is 0 Å². The van der Waals surface area contributed by atoms with Crippen molar-refractivity contribution in [2.75, 3.05) is 29.2 Å². The molecule has 0 amide bonds. The molecule has 1 aromatic rings. The van der Waals surface area contributed by atoms with Gasteiger partial charge in [-0.1, -0.05) is 0 Å². The third-order valence-electron chi connectivity index (χ3n) is 2.89. The monoisotopic (exact) mass is 274 g/mol. The Labute approximate surface area is 105 Å². The van der Waals surface area contributed by atoms with Crippen molar-refractivity contribution in [3.05, 3.63) is 12.0 Å². The van der Waals surface area contributed by atoms with E-state index in [-0.39, 0.29) is 23.3 Å². The molecule has 2 N–H and O–H groups in total. The van der Waals surface area contributed by atoms with Crippen LogP contribution in [-0.2, 0) is 9.84 Å². The first-order chi connectivity index (χ1) is 8.34. The lowest BCUT2D eigenvalue weighted by atomic mass is 10.0. The van der Waals surface area contributed by atoms with E-state index in [0.717, 1.165) is 6.20 Å². The first-order valence-electron chi connectivity index (χ1n) is 5.52. The van der Waals surface area contributed by atoms with Crippen molar-refractivity contribution >= 4 is 21.6 Å². The number of nitrogens with zero attached hydrogens (tertiary/aromatic N) is 2. The molecule has 2 rings (SSSR count). The fraction of sp³-hybridized carbons (Fsp3) is 0.600. The zero-order chi connectivity index (χ0) is 13.4. The van der Waals surface area contributed by atoms with Crippen LogP contribution in [0.25, 0.3) is 0 Å². The number of halogens is 1. The number of rotatable bonds is 3. The smallest absolute Gasteiger partial charge is 0.224 e. The predicted octanol–water partition coefficient (Wildman–Crippen LogP) is 0.646. The van der Waals surface area contributed by atoms with E-state index in [0.29, 0.717) is 6.42 Å². The second-order valence-corrected chi connectivity index (χ2v) is 6.85. The van der Waals surface area contributed by atoms with Crippen molar-refractivity contribution in [3.63, 3.8) is 0 Å². The molecule has 1 unspecified atom stereocenters. The number of sulfone groups is 1. The maximum atomic E-state index is 13.6.